The highest BCUT2D eigenvalue weighted by Crippen LogP contribution is 2.18. The monoisotopic (exact) mass is 279 g/mol. The SMILES string of the molecule is CCN(CCCO)CCC(=O)Nc1cc(N)ccc1C. The highest BCUT2D eigenvalue weighted by molar-refractivity contribution is 5.92. The average Bonchev–Trinajstić information content (AvgIpc) is 2.43. The standard InChI is InChI=1S/C15H25N3O2/c1-3-18(8-4-10-19)9-7-15(20)17-14-11-13(16)6-5-12(14)2/h5-6,11,19H,3-4,7-10,16H2,1-2H3,(H,17,20). The molecule has 0 unspecified atom stereocenters. The van der Waals surface area contributed by atoms with Crippen LogP contribution in [0.3, 0.4) is 0 Å². The van der Waals surface area contributed by atoms with Crippen LogP contribution < -0.4 is 11.1 Å². The molecule has 0 saturated heterocycles. The van der Waals surface area contributed by atoms with E-state index in [9.17, 15) is 4.79 Å². The number of rotatable bonds is 8. The predicted octanol–water partition coefficient (Wildman–Crippen LogP) is 1.61. The maximum Gasteiger partial charge on any atom is 0.225 e. The fraction of sp³-hybridized carbons (Fsp3) is 0.533. The Morgan fingerprint density at radius 2 is 2.15 bits per heavy atom. The zero-order valence-corrected chi connectivity index (χ0v) is 12.4. The van der Waals surface area contributed by atoms with E-state index in [-0.39, 0.29) is 12.5 Å². The van der Waals surface area contributed by atoms with Crippen LogP contribution in [0, 0.1) is 6.92 Å². The van der Waals surface area contributed by atoms with E-state index in [2.05, 4.69) is 17.1 Å². The highest BCUT2D eigenvalue weighted by atomic mass is 16.3. The third-order valence-corrected chi connectivity index (χ3v) is 3.27. The molecule has 0 bridgehead atoms. The smallest absolute Gasteiger partial charge is 0.225 e. The lowest BCUT2D eigenvalue weighted by molar-refractivity contribution is -0.116. The molecule has 0 fully saturated rings. The van der Waals surface area contributed by atoms with Gasteiger partial charge in [0.15, 0.2) is 0 Å². The van der Waals surface area contributed by atoms with Gasteiger partial charge in [-0.15, -0.1) is 0 Å². The third-order valence-electron chi connectivity index (χ3n) is 3.27. The molecule has 0 aliphatic carbocycles. The summed E-state index contributed by atoms with van der Waals surface area (Å²) in [5.41, 5.74) is 8.13. The first kappa shape index (κ1) is 16.5. The maximum absolute atomic E-state index is 11.9. The molecule has 0 aliphatic heterocycles. The van der Waals surface area contributed by atoms with Crippen molar-refractivity contribution in [3.8, 4) is 0 Å². The molecule has 4 N–H and O–H groups in total. The van der Waals surface area contributed by atoms with Crippen LogP contribution in [0.1, 0.15) is 25.3 Å². The van der Waals surface area contributed by atoms with Gasteiger partial charge in [0.05, 0.1) is 0 Å². The van der Waals surface area contributed by atoms with Crippen LogP contribution in [0.15, 0.2) is 18.2 Å². The second-order valence-electron chi connectivity index (χ2n) is 4.88. The summed E-state index contributed by atoms with van der Waals surface area (Å²) in [6.07, 6.45) is 1.18. The molecule has 0 heterocycles. The minimum absolute atomic E-state index is 0.0128. The van der Waals surface area contributed by atoms with Crippen molar-refractivity contribution in [2.24, 2.45) is 0 Å². The number of carbonyl (C=O) groups is 1. The van der Waals surface area contributed by atoms with Gasteiger partial charge in [0.2, 0.25) is 5.91 Å². The van der Waals surface area contributed by atoms with E-state index in [1.54, 1.807) is 6.07 Å². The van der Waals surface area contributed by atoms with Crippen molar-refractivity contribution in [1.29, 1.82) is 0 Å². The van der Waals surface area contributed by atoms with Crippen molar-refractivity contribution in [3.63, 3.8) is 0 Å². The first-order chi connectivity index (χ1) is 9.56. The van der Waals surface area contributed by atoms with E-state index in [1.165, 1.54) is 0 Å². The Morgan fingerprint density at radius 3 is 2.80 bits per heavy atom. The number of aliphatic hydroxyl groups excluding tert-OH is 1. The summed E-state index contributed by atoms with van der Waals surface area (Å²) in [5, 5.41) is 11.7. The number of nitrogens with two attached hydrogens (primary N) is 1. The highest BCUT2D eigenvalue weighted by Gasteiger charge is 2.08. The Balaban J connectivity index is 2.45. The van der Waals surface area contributed by atoms with Crippen LogP contribution in [0.4, 0.5) is 11.4 Å². The van der Waals surface area contributed by atoms with E-state index >= 15 is 0 Å². The third kappa shape index (κ3) is 5.59. The molecule has 0 aliphatic rings. The minimum atomic E-state index is -0.0128. The average molecular weight is 279 g/mol. The second kappa shape index (κ2) is 8.55. The molecule has 112 valence electrons. The molecule has 1 amide bonds. The number of amides is 1. The van der Waals surface area contributed by atoms with Gasteiger partial charge in [0, 0.05) is 37.5 Å². The van der Waals surface area contributed by atoms with Gasteiger partial charge >= 0.3 is 0 Å². The van der Waals surface area contributed by atoms with Crippen molar-refractivity contribution in [3.05, 3.63) is 23.8 Å². The Labute approximate surface area is 120 Å². The van der Waals surface area contributed by atoms with Crippen molar-refractivity contribution < 1.29 is 9.90 Å². The molecule has 5 heteroatoms. The molecule has 0 radical (unpaired) electrons. The van der Waals surface area contributed by atoms with Crippen molar-refractivity contribution >= 4 is 17.3 Å². The van der Waals surface area contributed by atoms with Crippen molar-refractivity contribution in [2.75, 3.05) is 37.3 Å². The lowest BCUT2D eigenvalue weighted by Crippen LogP contribution is -2.29. The normalized spacial score (nSPS) is 10.8. The number of nitrogens with one attached hydrogen (secondary N) is 1. The van der Waals surface area contributed by atoms with Crippen LogP contribution in [0.5, 0.6) is 0 Å². The van der Waals surface area contributed by atoms with E-state index < -0.39 is 0 Å². The zero-order valence-electron chi connectivity index (χ0n) is 12.4. The summed E-state index contributed by atoms with van der Waals surface area (Å²) in [7, 11) is 0. The Morgan fingerprint density at radius 1 is 1.40 bits per heavy atom. The van der Waals surface area contributed by atoms with Crippen LogP contribution >= 0.6 is 0 Å². The van der Waals surface area contributed by atoms with Gasteiger partial charge in [-0.25, -0.2) is 0 Å². The Hall–Kier alpha value is -1.59. The van der Waals surface area contributed by atoms with Crippen LogP contribution in [-0.2, 0) is 4.79 Å². The molecule has 1 rings (SSSR count). The van der Waals surface area contributed by atoms with Gasteiger partial charge in [-0.3, -0.25) is 4.79 Å². The molecule has 1 aromatic carbocycles. The fourth-order valence-corrected chi connectivity index (χ4v) is 1.97. The first-order valence-corrected chi connectivity index (χ1v) is 7.06. The number of nitrogens with zero attached hydrogens (tertiary/aromatic N) is 1. The lowest BCUT2D eigenvalue weighted by Gasteiger charge is -2.19. The number of aliphatic hydroxyl groups is 1. The number of benzene rings is 1. The molecule has 20 heavy (non-hydrogen) atoms. The first-order valence-electron chi connectivity index (χ1n) is 7.06. The summed E-state index contributed by atoms with van der Waals surface area (Å²) in [6.45, 7) is 6.57. The molecule has 0 saturated carbocycles. The summed E-state index contributed by atoms with van der Waals surface area (Å²) in [5.74, 6) is -0.0128. The van der Waals surface area contributed by atoms with E-state index in [1.807, 2.05) is 19.1 Å². The van der Waals surface area contributed by atoms with Crippen molar-refractivity contribution in [1.82, 2.24) is 4.90 Å². The van der Waals surface area contributed by atoms with Crippen LogP contribution in [0.25, 0.3) is 0 Å². The number of anilines is 2. The number of hydrogen-bond donors (Lipinski definition) is 3. The molecule has 0 aromatic heterocycles. The van der Waals surface area contributed by atoms with Gasteiger partial charge in [0.25, 0.3) is 0 Å². The quantitative estimate of drug-likeness (QED) is 0.632. The molecule has 5 nitrogen and oxygen atoms in total. The van der Waals surface area contributed by atoms with Crippen LogP contribution in [0.2, 0.25) is 0 Å². The fourth-order valence-electron chi connectivity index (χ4n) is 1.97. The summed E-state index contributed by atoms with van der Waals surface area (Å²) < 4.78 is 0. The Kier molecular flexibility index (Phi) is 7.04. The Bertz CT molecular complexity index is 435. The molecular formula is C15H25N3O2. The largest absolute Gasteiger partial charge is 0.399 e. The number of nitrogen functional groups attached to an aromatic ring is 1. The van der Waals surface area contributed by atoms with Gasteiger partial charge < -0.3 is 21.1 Å². The molecule has 0 atom stereocenters. The lowest BCUT2D eigenvalue weighted by atomic mass is 10.2. The number of carbonyl (C=O) groups excluding carboxylic acids is 1. The molecule has 0 spiro atoms. The van der Waals surface area contributed by atoms with Crippen LogP contribution in [-0.4, -0.2) is 42.2 Å². The maximum atomic E-state index is 11.9. The van der Waals surface area contributed by atoms with Gasteiger partial charge in [-0.1, -0.05) is 13.0 Å². The summed E-state index contributed by atoms with van der Waals surface area (Å²) in [4.78, 5) is 14.1. The van der Waals surface area contributed by atoms with E-state index in [4.69, 9.17) is 10.8 Å². The number of aryl methyl sites for hydroxylation is 1. The van der Waals surface area contributed by atoms with Gasteiger partial charge in [-0.2, -0.15) is 0 Å². The second-order valence-corrected chi connectivity index (χ2v) is 4.88. The van der Waals surface area contributed by atoms with E-state index in [0.717, 1.165) is 30.8 Å². The predicted molar refractivity (Wildman–Crippen MR) is 82.7 cm³/mol. The molecular weight excluding hydrogens is 254 g/mol. The minimum Gasteiger partial charge on any atom is -0.399 e. The van der Waals surface area contributed by atoms with Gasteiger partial charge in [0.1, 0.15) is 0 Å². The van der Waals surface area contributed by atoms with Gasteiger partial charge in [-0.05, 0) is 37.6 Å². The zero-order chi connectivity index (χ0) is 15.0. The molecule has 1 aromatic rings. The topological polar surface area (TPSA) is 78.6 Å². The summed E-state index contributed by atoms with van der Waals surface area (Å²) in [6, 6.07) is 5.49. The number of hydrogen-bond acceptors (Lipinski definition) is 4. The van der Waals surface area contributed by atoms with Crippen molar-refractivity contribution in [2.45, 2.75) is 26.7 Å². The summed E-state index contributed by atoms with van der Waals surface area (Å²) >= 11 is 0. The van der Waals surface area contributed by atoms with E-state index in [0.29, 0.717) is 18.7 Å².